The average Bonchev–Trinajstić information content (AvgIpc) is 2.15. The van der Waals surface area contributed by atoms with Crippen molar-refractivity contribution in [1.82, 2.24) is 0 Å². The first kappa shape index (κ1) is 12.6. The molecule has 1 rings (SSSR count). The Bertz CT molecular complexity index is 353. The molecule has 0 aromatic heterocycles. The van der Waals surface area contributed by atoms with Crippen molar-refractivity contribution in [2.75, 3.05) is 0 Å². The Morgan fingerprint density at radius 1 is 1.40 bits per heavy atom. The number of hydrogen-bond acceptors (Lipinski definition) is 2. The second-order valence-electron chi connectivity index (χ2n) is 3.81. The van der Waals surface area contributed by atoms with Gasteiger partial charge in [0.05, 0.1) is 6.10 Å². The van der Waals surface area contributed by atoms with E-state index in [4.69, 9.17) is 5.73 Å². The molecule has 15 heavy (non-hydrogen) atoms. The lowest BCUT2D eigenvalue weighted by atomic mass is 9.94. The Morgan fingerprint density at radius 3 is 2.40 bits per heavy atom. The van der Waals surface area contributed by atoms with Crippen LogP contribution >= 0.6 is 15.9 Å². The monoisotopic (exact) mass is 275 g/mol. The molecule has 0 aliphatic heterocycles. The van der Waals surface area contributed by atoms with Gasteiger partial charge in [-0.15, -0.1) is 0 Å². The standard InChI is InChI=1S/C11H15BrFNO/c1-5-8(12)4-9(13)6(2)10(5)11(15)7(3)14/h4,7,11,15H,14H2,1-3H3. The van der Waals surface area contributed by atoms with Crippen LogP contribution in [0, 0.1) is 19.7 Å². The van der Waals surface area contributed by atoms with Crippen molar-refractivity contribution < 1.29 is 9.50 Å². The van der Waals surface area contributed by atoms with Gasteiger partial charge in [0.15, 0.2) is 0 Å². The highest BCUT2D eigenvalue weighted by atomic mass is 79.9. The SMILES string of the molecule is Cc1c(F)cc(Br)c(C)c1C(O)C(C)N. The van der Waals surface area contributed by atoms with Crippen LogP contribution in [0.25, 0.3) is 0 Å². The molecule has 0 heterocycles. The zero-order valence-corrected chi connectivity index (χ0v) is 10.6. The second-order valence-corrected chi connectivity index (χ2v) is 4.66. The van der Waals surface area contributed by atoms with E-state index in [-0.39, 0.29) is 5.82 Å². The zero-order valence-electron chi connectivity index (χ0n) is 9.01. The van der Waals surface area contributed by atoms with Gasteiger partial charge in [-0.05, 0) is 43.5 Å². The van der Waals surface area contributed by atoms with Gasteiger partial charge >= 0.3 is 0 Å². The van der Waals surface area contributed by atoms with E-state index >= 15 is 0 Å². The van der Waals surface area contributed by atoms with Gasteiger partial charge in [-0.25, -0.2) is 4.39 Å². The van der Waals surface area contributed by atoms with Crippen molar-refractivity contribution in [3.05, 3.63) is 33.0 Å². The minimum Gasteiger partial charge on any atom is -0.387 e. The van der Waals surface area contributed by atoms with Crippen LogP contribution in [0.1, 0.15) is 29.7 Å². The predicted octanol–water partition coefficient (Wildman–Crippen LogP) is 2.59. The largest absolute Gasteiger partial charge is 0.387 e. The lowest BCUT2D eigenvalue weighted by molar-refractivity contribution is 0.151. The molecule has 1 aromatic carbocycles. The summed E-state index contributed by atoms with van der Waals surface area (Å²) in [5.41, 5.74) is 7.49. The van der Waals surface area contributed by atoms with Gasteiger partial charge in [-0.1, -0.05) is 15.9 Å². The molecule has 84 valence electrons. The summed E-state index contributed by atoms with van der Waals surface area (Å²) < 4.78 is 14.1. The summed E-state index contributed by atoms with van der Waals surface area (Å²) >= 11 is 3.26. The number of rotatable bonds is 2. The Hall–Kier alpha value is -0.450. The van der Waals surface area contributed by atoms with Crippen LogP contribution in [0.4, 0.5) is 4.39 Å². The zero-order chi connectivity index (χ0) is 11.7. The minimum absolute atomic E-state index is 0.331. The van der Waals surface area contributed by atoms with E-state index in [0.29, 0.717) is 15.6 Å². The molecule has 2 unspecified atom stereocenters. The number of aliphatic hydroxyl groups excluding tert-OH is 1. The van der Waals surface area contributed by atoms with E-state index < -0.39 is 12.1 Å². The molecular formula is C11H15BrFNO. The highest BCUT2D eigenvalue weighted by molar-refractivity contribution is 9.10. The normalized spacial score (nSPS) is 15.1. The van der Waals surface area contributed by atoms with Gasteiger partial charge in [-0.3, -0.25) is 0 Å². The molecule has 2 nitrogen and oxygen atoms in total. The number of hydrogen-bond donors (Lipinski definition) is 2. The van der Waals surface area contributed by atoms with E-state index in [2.05, 4.69) is 15.9 Å². The second kappa shape index (κ2) is 4.60. The van der Waals surface area contributed by atoms with Crippen LogP contribution in [0.3, 0.4) is 0 Å². The van der Waals surface area contributed by atoms with Crippen LogP contribution in [0.15, 0.2) is 10.5 Å². The third-order valence-corrected chi connectivity index (χ3v) is 3.40. The van der Waals surface area contributed by atoms with Crippen LogP contribution in [0.5, 0.6) is 0 Å². The summed E-state index contributed by atoms with van der Waals surface area (Å²) in [6.07, 6.45) is -0.836. The third kappa shape index (κ3) is 2.38. The summed E-state index contributed by atoms with van der Waals surface area (Å²) in [7, 11) is 0. The molecule has 0 bridgehead atoms. The van der Waals surface area contributed by atoms with E-state index in [1.54, 1.807) is 13.8 Å². The molecule has 0 radical (unpaired) electrons. The smallest absolute Gasteiger partial charge is 0.127 e. The molecule has 2 atom stereocenters. The molecule has 0 saturated carbocycles. The molecule has 0 fully saturated rings. The molecule has 3 N–H and O–H groups in total. The lowest BCUT2D eigenvalue weighted by Crippen LogP contribution is -2.26. The number of halogens is 2. The summed E-state index contributed by atoms with van der Waals surface area (Å²) in [5.74, 6) is -0.331. The van der Waals surface area contributed by atoms with Crippen LogP contribution in [0.2, 0.25) is 0 Å². The lowest BCUT2D eigenvalue weighted by Gasteiger charge is -2.21. The first-order valence-corrected chi connectivity index (χ1v) is 5.54. The summed E-state index contributed by atoms with van der Waals surface area (Å²) in [4.78, 5) is 0. The fourth-order valence-electron chi connectivity index (χ4n) is 1.57. The number of benzene rings is 1. The summed E-state index contributed by atoms with van der Waals surface area (Å²) in [6.45, 7) is 5.18. The summed E-state index contributed by atoms with van der Waals surface area (Å²) in [5, 5.41) is 9.90. The van der Waals surface area contributed by atoms with Gasteiger partial charge < -0.3 is 10.8 Å². The Labute approximate surface area is 97.4 Å². The highest BCUT2D eigenvalue weighted by Gasteiger charge is 2.20. The van der Waals surface area contributed by atoms with Gasteiger partial charge in [0.25, 0.3) is 0 Å². The van der Waals surface area contributed by atoms with Crippen molar-refractivity contribution in [3.63, 3.8) is 0 Å². The topological polar surface area (TPSA) is 46.2 Å². The van der Waals surface area contributed by atoms with Crippen LogP contribution < -0.4 is 5.73 Å². The highest BCUT2D eigenvalue weighted by Crippen LogP contribution is 2.31. The fourth-order valence-corrected chi connectivity index (χ4v) is 1.99. The van der Waals surface area contributed by atoms with Crippen molar-refractivity contribution in [1.29, 1.82) is 0 Å². The van der Waals surface area contributed by atoms with Crippen molar-refractivity contribution in [3.8, 4) is 0 Å². The van der Waals surface area contributed by atoms with Gasteiger partial charge in [-0.2, -0.15) is 0 Å². The average molecular weight is 276 g/mol. The van der Waals surface area contributed by atoms with Crippen molar-refractivity contribution in [2.45, 2.75) is 32.9 Å². The number of nitrogens with two attached hydrogens (primary N) is 1. The van der Waals surface area contributed by atoms with Gasteiger partial charge in [0.2, 0.25) is 0 Å². The Balaban J connectivity index is 3.39. The van der Waals surface area contributed by atoms with Gasteiger partial charge in [0, 0.05) is 10.5 Å². The van der Waals surface area contributed by atoms with Crippen molar-refractivity contribution in [2.24, 2.45) is 5.73 Å². The van der Waals surface area contributed by atoms with E-state index in [9.17, 15) is 9.50 Å². The van der Waals surface area contributed by atoms with Crippen LogP contribution in [-0.2, 0) is 0 Å². The van der Waals surface area contributed by atoms with Crippen LogP contribution in [-0.4, -0.2) is 11.1 Å². The summed E-state index contributed by atoms with van der Waals surface area (Å²) in [6, 6.07) is 0.985. The Morgan fingerprint density at radius 2 is 1.93 bits per heavy atom. The first-order chi connectivity index (χ1) is 6.86. The maximum absolute atomic E-state index is 13.5. The molecule has 1 aromatic rings. The van der Waals surface area contributed by atoms with E-state index in [1.807, 2.05) is 6.92 Å². The molecule has 0 aliphatic rings. The Kier molecular flexibility index (Phi) is 3.87. The van der Waals surface area contributed by atoms with Gasteiger partial charge in [0.1, 0.15) is 5.82 Å². The molecule has 0 spiro atoms. The van der Waals surface area contributed by atoms with E-state index in [1.165, 1.54) is 6.07 Å². The maximum Gasteiger partial charge on any atom is 0.127 e. The minimum atomic E-state index is -0.836. The number of aliphatic hydroxyl groups is 1. The molecule has 0 amide bonds. The molecule has 0 saturated heterocycles. The first-order valence-electron chi connectivity index (χ1n) is 4.75. The third-order valence-electron chi connectivity index (χ3n) is 2.57. The fraction of sp³-hybridized carbons (Fsp3) is 0.455. The van der Waals surface area contributed by atoms with Crippen molar-refractivity contribution >= 4 is 15.9 Å². The maximum atomic E-state index is 13.5. The molecule has 0 aliphatic carbocycles. The quantitative estimate of drug-likeness (QED) is 0.872. The predicted molar refractivity (Wildman–Crippen MR) is 62.2 cm³/mol. The van der Waals surface area contributed by atoms with E-state index in [0.717, 1.165) is 5.56 Å². The molecular weight excluding hydrogens is 261 g/mol. The molecule has 4 heteroatoms.